The molecule has 0 atom stereocenters. The summed E-state index contributed by atoms with van der Waals surface area (Å²) in [6.45, 7) is 5.09. The Labute approximate surface area is 213 Å². The van der Waals surface area contributed by atoms with Gasteiger partial charge in [0.05, 0.1) is 27.9 Å². The average molecular weight is 499 g/mol. The van der Waals surface area contributed by atoms with Gasteiger partial charge in [0.1, 0.15) is 0 Å². The van der Waals surface area contributed by atoms with E-state index in [-0.39, 0.29) is 28.3 Å². The molecular weight excluding hydrogens is 472 g/mol. The second-order valence-electron chi connectivity index (χ2n) is 9.32. The fraction of sp³-hybridized carbons (Fsp3) is 0.214. The number of nitrogens with one attached hydrogen (secondary N) is 1. The number of carboxylic acids is 1. The third-order valence-corrected chi connectivity index (χ3v) is 6.77. The minimum Gasteiger partial charge on any atom is -0.478 e. The lowest BCUT2D eigenvalue weighted by Crippen LogP contribution is -2.45. The van der Waals surface area contributed by atoms with Crippen molar-refractivity contribution in [2.75, 3.05) is 48.3 Å². The van der Waals surface area contributed by atoms with Crippen molar-refractivity contribution in [1.82, 2.24) is 4.90 Å². The number of anilines is 3. The normalized spacial score (nSPS) is 15.6. The van der Waals surface area contributed by atoms with Gasteiger partial charge >= 0.3 is 5.97 Å². The molecule has 0 aliphatic carbocycles. The van der Waals surface area contributed by atoms with Crippen LogP contribution in [0.2, 0.25) is 0 Å². The summed E-state index contributed by atoms with van der Waals surface area (Å²) in [5.74, 6) is -2.73. The highest BCUT2D eigenvalue weighted by atomic mass is 16.4. The minimum absolute atomic E-state index is 0.0266. The molecule has 3 aromatic carbocycles. The van der Waals surface area contributed by atoms with Crippen molar-refractivity contribution in [2.24, 2.45) is 0 Å². The second kappa shape index (κ2) is 9.51. The van der Waals surface area contributed by atoms with Gasteiger partial charge in [0.25, 0.3) is 17.7 Å². The van der Waals surface area contributed by atoms with Crippen LogP contribution >= 0.6 is 0 Å². The number of carbonyl (C=O) groups excluding carboxylic acids is 3. The van der Waals surface area contributed by atoms with E-state index in [1.807, 2.05) is 38.2 Å². The molecule has 37 heavy (non-hydrogen) atoms. The van der Waals surface area contributed by atoms with Gasteiger partial charge in [-0.1, -0.05) is 17.7 Å². The van der Waals surface area contributed by atoms with Gasteiger partial charge in [-0.2, -0.15) is 0 Å². The summed E-state index contributed by atoms with van der Waals surface area (Å²) in [6.07, 6.45) is 0. The first-order chi connectivity index (χ1) is 17.7. The van der Waals surface area contributed by atoms with E-state index in [0.29, 0.717) is 16.9 Å². The molecule has 1 fully saturated rings. The number of hydrogen-bond donors (Lipinski definition) is 2. The van der Waals surface area contributed by atoms with Crippen molar-refractivity contribution in [3.05, 3.63) is 88.5 Å². The summed E-state index contributed by atoms with van der Waals surface area (Å²) in [5, 5.41) is 12.2. The molecule has 188 valence electrons. The Kier molecular flexibility index (Phi) is 6.22. The lowest BCUT2D eigenvalue weighted by atomic mass is 10.1. The number of piperazine rings is 1. The molecule has 2 aliphatic rings. The molecule has 0 aromatic heterocycles. The van der Waals surface area contributed by atoms with Gasteiger partial charge in [-0.25, -0.2) is 9.69 Å². The SMILES string of the molecule is Cc1ccc(NC(=O)c2cc(N3C(=O)c4ccc(C(=O)O)cc4C3=O)ccc2N2CCN(C)CC2)cc1. The predicted molar refractivity (Wildman–Crippen MR) is 140 cm³/mol. The van der Waals surface area contributed by atoms with Crippen molar-refractivity contribution in [2.45, 2.75) is 6.92 Å². The molecule has 2 aliphatic heterocycles. The lowest BCUT2D eigenvalue weighted by molar-refractivity contribution is 0.0696. The smallest absolute Gasteiger partial charge is 0.335 e. The molecule has 2 heterocycles. The van der Waals surface area contributed by atoms with Crippen LogP contribution in [0, 0.1) is 6.92 Å². The van der Waals surface area contributed by atoms with Crippen molar-refractivity contribution in [1.29, 1.82) is 0 Å². The number of benzene rings is 3. The molecule has 3 aromatic rings. The van der Waals surface area contributed by atoms with Crippen LogP contribution < -0.4 is 15.1 Å². The molecule has 1 saturated heterocycles. The van der Waals surface area contributed by atoms with Gasteiger partial charge in [0, 0.05) is 37.6 Å². The molecule has 0 saturated carbocycles. The molecule has 3 amide bonds. The number of carbonyl (C=O) groups is 4. The maximum atomic E-state index is 13.5. The van der Waals surface area contributed by atoms with Crippen molar-refractivity contribution >= 4 is 40.8 Å². The molecule has 2 N–H and O–H groups in total. The maximum absolute atomic E-state index is 13.5. The highest BCUT2D eigenvalue weighted by Crippen LogP contribution is 2.33. The van der Waals surface area contributed by atoms with Crippen LogP contribution in [0.1, 0.15) is 47.0 Å². The van der Waals surface area contributed by atoms with Crippen molar-refractivity contribution < 1.29 is 24.3 Å². The maximum Gasteiger partial charge on any atom is 0.335 e. The molecule has 5 rings (SSSR count). The Hall–Kier alpha value is -4.50. The van der Waals surface area contributed by atoms with Gasteiger partial charge < -0.3 is 20.2 Å². The van der Waals surface area contributed by atoms with Crippen LogP contribution in [-0.2, 0) is 0 Å². The Morgan fingerprint density at radius 1 is 0.838 bits per heavy atom. The van der Waals surface area contributed by atoms with Crippen LogP contribution in [0.4, 0.5) is 17.1 Å². The largest absolute Gasteiger partial charge is 0.478 e. The highest BCUT2D eigenvalue weighted by molar-refractivity contribution is 6.35. The summed E-state index contributed by atoms with van der Waals surface area (Å²) < 4.78 is 0. The number of fused-ring (bicyclic) bond motifs is 1. The van der Waals surface area contributed by atoms with Crippen LogP contribution in [-0.4, -0.2) is 66.9 Å². The van der Waals surface area contributed by atoms with E-state index in [2.05, 4.69) is 15.1 Å². The number of likely N-dealkylation sites (N-methyl/N-ethyl adjacent to an activating group) is 1. The number of imide groups is 1. The fourth-order valence-electron chi connectivity index (χ4n) is 4.61. The van der Waals surface area contributed by atoms with Crippen LogP contribution in [0.5, 0.6) is 0 Å². The standard InChI is InChI=1S/C28H26N4O5/c1-17-3-6-19(7-4-17)29-25(33)23-16-20(8-10-24(23)31-13-11-30(2)12-14-31)32-26(34)21-9-5-18(28(36)37)15-22(21)27(32)35/h3-10,15-16H,11-14H2,1-2H3,(H,29,33)(H,36,37). The number of carboxylic acid groups (broad SMARTS) is 1. The van der Waals surface area contributed by atoms with Gasteiger partial charge in [-0.15, -0.1) is 0 Å². The molecule has 0 spiro atoms. The van der Waals surface area contributed by atoms with E-state index in [1.165, 1.54) is 18.2 Å². The Balaban J connectivity index is 1.53. The number of hydrogen-bond acceptors (Lipinski definition) is 6. The highest BCUT2D eigenvalue weighted by Gasteiger charge is 2.38. The van der Waals surface area contributed by atoms with Crippen LogP contribution in [0.15, 0.2) is 60.7 Å². The Bertz CT molecular complexity index is 1420. The van der Waals surface area contributed by atoms with E-state index in [1.54, 1.807) is 18.2 Å². The molecule has 0 bridgehead atoms. The number of nitrogens with zero attached hydrogens (tertiary/aromatic N) is 3. The lowest BCUT2D eigenvalue weighted by Gasteiger charge is -2.35. The predicted octanol–water partition coefficient (Wildman–Crippen LogP) is 3.50. The van der Waals surface area contributed by atoms with E-state index < -0.39 is 17.8 Å². The third kappa shape index (κ3) is 4.56. The fourth-order valence-corrected chi connectivity index (χ4v) is 4.61. The summed E-state index contributed by atoms with van der Waals surface area (Å²) in [5.41, 5.74) is 3.07. The Morgan fingerprint density at radius 3 is 2.19 bits per heavy atom. The summed E-state index contributed by atoms with van der Waals surface area (Å²) >= 11 is 0. The van der Waals surface area contributed by atoms with Gasteiger partial charge in [0.2, 0.25) is 0 Å². The number of aryl methyl sites for hydroxylation is 1. The van der Waals surface area contributed by atoms with E-state index in [4.69, 9.17) is 0 Å². The van der Waals surface area contributed by atoms with Gasteiger partial charge in [-0.3, -0.25) is 14.4 Å². The zero-order valence-corrected chi connectivity index (χ0v) is 20.5. The summed E-state index contributed by atoms with van der Waals surface area (Å²) in [6, 6.07) is 16.3. The quantitative estimate of drug-likeness (QED) is 0.518. The number of aromatic carboxylic acids is 1. The number of amides is 3. The number of rotatable bonds is 5. The van der Waals surface area contributed by atoms with Gasteiger partial charge in [0.15, 0.2) is 0 Å². The first kappa shape index (κ1) is 24.2. The zero-order chi connectivity index (χ0) is 26.3. The minimum atomic E-state index is -1.19. The molecule has 9 heteroatoms. The molecule has 0 radical (unpaired) electrons. The second-order valence-corrected chi connectivity index (χ2v) is 9.32. The average Bonchev–Trinajstić information content (AvgIpc) is 3.14. The Morgan fingerprint density at radius 2 is 1.51 bits per heavy atom. The monoisotopic (exact) mass is 498 g/mol. The topological polar surface area (TPSA) is 110 Å². The first-order valence-corrected chi connectivity index (χ1v) is 11.9. The van der Waals surface area contributed by atoms with Gasteiger partial charge in [-0.05, 0) is 62.5 Å². The summed E-state index contributed by atoms with van der Waals surface area (Å²) in [7, 11) is 2.05. The van der Waals surface area contributed by atoms with Crippen molar-refractivity contribution in [3.8, 4) is 0 Å². The van der Waals surface area contributed by atoms with Crippen molar-refractivity contribution in [3.63, 3.8) is 0 Å². The van der Waals surface area contributed by atoms with E-state index in [0.717, 1.165) is 36.6 Å². The molecule has 0 unspecified atom stereocenters. The summed E-state index contributed by atoms with van der Waals surface area (Å²) in [4.78, 5) is 56.6. The third-order valence-electron chi connectivity index (χ3n) is 6.77. The van der Waals surface area contributed by atoms with Crippen LogP contribution in [0.3, 0.4) is 0 Å². The first-order valence-electron chi connectivity index (χ1n) is 11.9. The zero-order valence-electron chi connectivity index (χ0n) is 20.5. The van der Waals surface area contributed by atoms with E-state index in [9.17, 15) is 24.3 Å². The molecular formula is C28H26N4O5. The van der Waals surface area contributed by atoms with E-state index >= 15 is 0 Å². The molecule has 9 nitrogen and oxygen atoms in total. The van der Waals surface area contributed by atoms with Crippen LogP contribution in [0.25, 0.3) is 0 Å².